The van der Waals surface area contributed by atoms with Crippen molar-refractivity contribution in [1.29, 1.82) is 0 Å². The van der Waals surface area contributed by atoms with Gasteiger partial charge in [-0.3, -0.25) is 9.59 Å². The third-order valence-corrected chi connectivity index (χ3v) is 3.51. The molecule has 0 spiro atoms. The lowest BCUT2D eigenvalue weighted by Crippen LogP contribution is -2.31. The van der Waals surface area contributed by atoms with E-state index in [0.29, 0.717) is 5.56 Å². The molecular weight excluding hydrogens is 361 g/mol. The molecule has 27 heavy (non-hydrogen) atoms. The fourth-order valence-corrected chi connectivity index (χ4v) is 2.24. The van der Waals surface area contributed by atoms with E-state index in [9.17, 15) is 22.8 Å². The van der Waals surface area contributed by atoms with Crippen LogP contribution in [0.3, 0.4) is 0 Å². The van der Waals surface area contributed by atoms with Crippen molar-refractivity contribution in [2.24, 2.45) is 5.92 Å². The number of ether oxygens (including phenoxy) is 1. The third kappa shape index (κ3) is 6.09. The Balaban J connectivity index is 2.10. The van der Waals surface area contributed by atoms with Crippen LogP contribution in [-0.4, -0.2) is 16.7 Å². The molecule has 0 saturated heterocycles. The Labute approximate surface area is 154 Å². The number of carbonyl (C=O) groups is 2. The summed E-state index contributed by atoms with van der Waals surface area (Å²) in [4.78, 5) is 27.5. The first-order chi connectivity index (χ1) is 12.7. The molecule has 8 heteroatoms. The minimum atomic E-state index is -4.49. The van der Waals surface area contributed by atoms with Gasteiger partial charge in [-0.05, 0) is 30.2 Å². The van der Waals surface area contributed by atoms with Crippen molar-refractivity contribution in [1.82, 2.24) is 10.3 Å². The van der Waals surface area contributed by atoms with Gasteiger partial charge in [0.2, 0.25) is 11.7 Å². The van der Waals surface area contributed by atoms with Gasteiger partial charge in [-0.15, -0.1) is 0 Å². The number of benzene rings is 1. The van der Waals surface area contributed by atoms with E-state index in [1.54, 1.807) is 12.1 Å². The minimum Gasteiger partial charge on any atom is -0.439 e. The summed E-state index contributed by atoms with van der Waals surface area (Å²) in [5.74, 6) is -1.19. The van der Waals surface area contributed by atoms with Gasteiger partial charge in [-0.25, -0.2) is 4.98 Å². The second kappa shape index (κ2) is 8.66. The first-order valence-electron chi connectivity index (χ1n) is 8.27. The lowest BCUT2D eigenvalue weighted by Gasteiger charge is -2.12. The highest BCUT2D eigenvalue weighted by Crippen LogP contribution is 2.32. The highest BCUT2D eigenvalue weighted by Gasteiger charge is 2.30. The molecule has 1 amide bonds. The number of amides is 1. The van der Waals surface area contributed by atoms with Crippen LogP contribution >= 0.6 is 0 Å². The fourth-order valence-electron chi connectivity index (χ4n) is 2.24. The summed E-state index contributed by atoms with van der Waals surface area (Å²) in [6, 6.07) is 7.60. The average Bonchev–Trinajstić information content (AvgIpc) is 2.59. The lowest BCUT2D eigenvalue weighted by atomic mass is 10.1. The number of aromatic nitrogens is 1. The van der Waals surface area contributed by atoms with Crippen molar-refractivity contribution in [3.8, 4) is 11.6 Å². The van der Waals surface area contributed by atoms with Crippen LogP contribution in [0.1, 0.15) is 31.4 Å². The molecule has 5 nitrogen and oxygen atoms in total. The lowest BCUT2D eigenvalue weighted by molar-refractivity contribution is -0.138. The van der Waals surface area contributed by atoms with Crippen LogP contribution in [-0.2, 0) is 22.3 Å². The van der Waals surface area contributed by atoms with Gasteiger partial charge in [0.15, 0.2) is 0 Å². The molecule has 2 rings (SSSR count). The van der Waals surface area contributed by atoms with Gasteiger partial charge in [0.25, 0.3) is 5.91 Å². The molecule has 1 aromatic heterocycles. The smallest absolute Gasteiger partial charge is 0.416 e. The summed E-state index contributed by atoms with van der Waals surface area (Å²) < 4.78 is 43.9. The molecule has 1 aromatic carbocycles. The molecule has 0 aliphatic rings. The van der Waals surface area contributed by atoms with Crippen LogP contribution < -0.4 is 10.1 Å². The van der Waals surface area contributed by atoms with Crippen LogP contribution in [0.25, 0.3) is 0 Å². The number of nitrogens with one attached hydrogen (secondary N) is 1. The standard InChI is InChI=1S/C19H19F3N2O3/c1-12(2)9-16(25)17(26)24-11-13-5-4-8-23-18(13)27-15-7-3-6-14(10-15)19(20,21)22/h3-8,10,12H,9,11H2,1-2H3,(H,24,26). The quantitative estimate of drug-likeness (QED) is 0.734. The zero-order valence-electron chi connectivity index (χ0n) is 14.8. The van der Waals surface area contributed by atoms with Crippen molar-refractivity contribution in [2.45, 2.75) is 33.0 Å². The predicted molar refractivity (Wildman–Crippen MR) is 92.1 cm³/mol. The van der Waals surface area contributed by atoms with Gasteiger partial charge < -0.3 is 10.1 Å². The first-order valence-corrected chi connectivity index (χ1v) is 8.27. The average molecular weight is 380 g/mol. The number of carbonyl (C=O) groups excluding carboxylic acids is 2. The molecule has 2 aromatic rings. The summed E-state index contributed by atoms with van der Waals surface area (Å²) in [5.41, 5.74) is -0.411. The van der Waals surface area contributed by atoms with Crippen molar-refractivity contribution in [3.05, 3.63) is 53.7 Å². The monoisotopic (exact) mass is 380 g/mol. The first kappa shape index (κ1) is 20.4. The fraction of sp³-hybridized carbons (Fsp3) is 0.316. The Kier molecular flexibility index (Phi) is 6.55. The number of rotatable bonds is 7. The zero-order chi connectivity index (χ0) is 20.0. The van der Waals surface area contributed by atoms with Crippen LogP contribution in [0, 0.1) is 5.92 Å². The Bertz CT molecular complexity index is 820. The second-order valence-corrected chi connectivity index (χ2v) is 6.30. The van der Waals surface area contributed by atoms with E-state index in [4.69, 9.17) is 4.74 Å². The van der Waals surface area contributed by atoms with Gasteiger partial charge in [0.1, 0.15) is 5.75 Å². The van der Waals surface area contributed by atoms with Crippen molar-refractivity contribution < 1.29 is 27.5 Å². The molecule has 1 heterocycles. The molecule has 0 aliphatic carbocycles. The van der Waals surface area contributed by atoms with Crippen molar-refractivity contribution in [3.63, 3.8) is 0 Å². The number of nitrogens with zero attached hydrogens (tertiary/aromatic N) is 1. The van der Waals surface area contributed by atoms with Crippen LogP contribution in [0.4, 0.5) is 13.2 Å². The molecule has 0 bridgehead atoms. The van der Waals surface area contributed by atoms with E-state index in [2.05, 4.69) is 10.3 Å². The summed E-state index contributed by atoms with van der Waals surface area (Å²) in [5, 5.41) is 2.48. The van der Waals surface area contributed by atoms with E-state index < -0.39 is 23.4 Å². The van der Waals surface area contributed by atoms with Crippen molar-refractivity contribution in [2.75, 3.05) is 0 Å². The number of hydrogen-bond acceptors (Lipinski definition) is 4. The maximum atomic E-state index is 12.8. The Morgan fingerprint density at radius 3 is 2.59 bits per heavy atom. The molecule has 0 fully saturated rings. The highest BCUT2D eigenvalue weighted by atomic mass is 19.4. The number of hydrogen-bond donors (Lipinski definition) is 1. The van der Waals surface area contributed by atoms with Gasteiger partial charge in [-0.1, -0.05) is 26.0 Å². The third-order valence-electron chi connectivity index (χ3n) is 3.51. The number of pyridine rings is 1. The number of alkyl halides is 3. The van der Waals surface area contributed by atoms with E-state index in [-0.39, 0.29) is 30.5 Å². The number of Topliss-reactive ketones (excluding diaryl/α,β-unsaturated/α-hetero) is 1. The van der Waals surface area contributed by atoms with Crippen molar-refractivity contribution >= 4 is 11.7 Å². The maximum absolute atomic E-state index is 12.8. The van der Waals surface area contributed by atoms with Crippen LogP contribution in [0.15, 0.2) is 42.6 Å². The Morgan fingerprint density at radius 1 is 1.19 bits per heavy atom. The topological polar surface area (TPSA) is 68.3 Å². The summed E-state index contributed by atoms with van der Waals surface area (Å²) >= 11 is 0. The zero-order valence-corrected chi connectivity index (χ0v) is 14.8. The van der Waals surface area contributed by atoms with E-state index >= 15 is 0 Å². The Morgan fingerprint density at radius 2 is 1.93 bits per heavy atom. The molecule has 0 atom stereocenters. The van der Waals surface area contributed by atoms with Gasteiger partial charge in [-0.2, -0.15) is 13.2 Å². The summed E-state index contributed by atoms with van der Waals surface area (Å²) in [7, 11) is 0. The van der Waals surface area contributed by atoms with Gasteiger partial charge >= 0.3 is 6.18 Å². The molecular formula is C19H19F3N2O3. The van der Waals surface area contributed by atoms with E-state index in [0.717, 1.165) is 12.1 Å². The van der Waals surface area contributed by atoms with Gasteiger partial charge in [0, 0.05) is 24.7 Å². The molecule has 0 aliphatic heterocycles. The Hall–Kier alpha value is -2.90. The second-order valence-electron chi connectivity index (χ2n) is 6.30. The van der Waals surface area contributed by atoms with E-state index in [1.807, 2.05) is 13.8 Å². The molecule has 0 radical (unpaired) electrons. The van der Waals surface area contributed by atoms with Gasteiger partial charge in [0.05, 0.1) is 5.56 Å². The predicted octanol–water partition coefficient (Wildman–Crippen LogP) is 4.12. The summed E-state index contributed by atoms with van der Waals surface area (Å²) in [6.07, 6.45) is -2.94. The SMILES string of the molecule is CC(C)CC(=O)C(=O)NCc1cccnc1Oc1cccc(C(F)(F)F)c1. The highest BCUT2D eigenvalue weighted by molar-refractivity contribution is 6.36. The van der Waals surface area contributed by atoms with Crippen LogP contribution in [0.5, 0.6) is 11.6 Å². The molecule has 1 N–H and O–H groups in total. The summed E-state index contributed by atoms with van der Waals surface area (Å²) in [6.45, 7) is 3.62. The van der Waals surface area contributed by atoms with E-state index in [1.165, 1.54) is 18.3 Å². The molecule has 144 valence electrons. The largest absolute Gasteiger partial charge is 0.439 e. The minimum absolute atomic E-state index is 0.0352. The maximum Gasteiger partial charge on any atom is 0.416 e. The number of ketones is 1. The molecule has 0 unspecified atom stereocenters. The molecule has 0 saturated carbocycles. The normalized spacial score (nSPS) is 11.3. The number of halogens is 3. The van der Waals surface area contributed by atoms with Crippen LogP contribution in [0.2, 0.25) is 0 Å².